The van der Waals surface area contributed by atoms with Crippen LogP contribution in [0.25, 0.3) is 0 Å². The lowest BCUT2D eigenvalue weighted by atomic mass is 10.1. The number of hydrogen-bond acceptors (Lipinski definition) is 6. The highest BCUT2D eigenvalue weighted by molar-refractivity contribution is 7.98. The Hall–Kier alpha value is -0.590. The van der Waals surface area contributed by atoms with Crippen molar-refractivity contribution in [3.8, 4) is 0 Å². The summed E-state index contributed by atoms with van der Waals surface area (Å²) in [5, 5.41) is 9.62. The molecule has 5 nitrogen and oxygen atoms in total. The number of carbonyl (C=O) groups excluding carboxylic acids is 2. The number of ketones is 1. The largest absolute Gasteiger partial charge is 0.465 e. The van der Waals surface area contributed by atoms with E-state index >= 15 is 0 Å². The number of carbonyl (C=O) groups is 2. The van der Waals surface area contributed by atoms with E-state index in [0.717, 1.165) is 18.6 Å². The van der Waals surface area contributed by atoms with Gasteiger partial charge in [-0.2, -0.15) is 11.8 Å². The highest BCUT2D eigenvalue weighted by atomic mass is 32.2. The van der Waals surface area contributed by atoms with Crippen LogP contribution in [0.3, 0.4) is 0 Å². The first-order valence-electron chi connectivity index (χ1n) is 7.14. The number of unbranched alkanes of at least 4 members (excludes halogenated alkanes) is 1. The van der Waals surface area contributed by atoms with Gasteiger partial charge in [-0.25, -0.2) is 0 Å². The summed E-state index contributed by atoms with van der Waals surface area (Å²) < 4.78 is 5.02. The standard InChI is InChI=1S/C14H27NO4S/c1-3-4-6-12(16)13(17)7-5-9-19-14(18)11(15)8-10-20-2/h11,13,17H,3-10,15H2,1-2H3. The molecule has 20 heavy (non-hydrogen) atoms. The van der Waals surface area contributed by atoms with E-state index in [-0.39, 0.29) is 12.4 Å². The predicted octanol–water partition coefficient (Wildman–Crippen LogP) is 1.51. The quantitative estimate of drug-likeness (QED) is 0.419. The van der Waals surface area contributed by atoms with Crippen LogP contribution < -0.4 is 5.73 Å². The molecule has 2 atom stereocenters. The Morgan fingerprint density at radius 3 is 2.60 bits per heavy atom. The van der Waals surface area contributed by atoms with Gasteiger partial charge in [0.1, 0.15) is 12.1 Å². The average Bonchev–Trinajstić information content (AvgIpc) is 2.45. The molecular formula is C14H27NO4S. The zero-order chi connectivity index (χ0) is 15.4. The summed E-state index contributed by atoms with van der Waals surface area (Å²) in [5.41, 5.74) is 5.66. The van der Waals surface area contributed by atoms with Gasteiger partial charge in [-0.15, -0.1) is 0 Å². The highest BCUT2D eigenvalue weighted by Gasteiger charge is 2.16. The fourth-order valence-corrected chi connectivity index (χ4v) is 2.09. The van der Waals surface area contributed by atoms with Crippen molar-refractivity contribution >= 4 is 23.5 Å². The smallest absolute Gasteiger partial charge is 0.322 e. The Morgan fingerprint density at radius 1 is 1.30 bits per heavy atom. The SMILES string of the molecule is CCCCC(=O)C(O)CCCOC(=O)C(N)CCSC. The van der Waals surface area contributed by atoms with Gasteiger partial charge in [0.05, 0.1) is 6.61 Å². The van der Waals surface area contributed by atoms with E-state index in [1.165, 1.54) is 0 Å². The van der Waals surface area contributed by atoms with Crippen molar-refractivity contribution in [1.82, 2.24) is 0 Å². The van der Waals surface area contributed by atoms with Crippen LogP contribution in [0.4, 0.5) is 0 Å². The Kier molecular flexibility index (Phi) is 11.8. The molecule has 0 fully saturated rings. The van der Waals surface area contributed by atoms with Gasteiger partial charge in [0.2, 0.25) is 0 Å². The van der Waals surface area contributed by atoms with Crippen molar-refractivity contribution in [1.29, 1.82) is 0 Å². The third-order valence-corrected chi connectivity index (χ3v) is 3.59. The molecule has 0 rings (SSSR count). The number of rotatable bonds is 12. The number of nitrogens with two attached hydrogens (primary N) is 1. The fraction of sp³-hybridized carbons (Fsp3) is 0.857. The third kappa shape index (κ3) is 9.34. The number of aliphatic hydroxyl groups excluding tert-OH is 1. The summed E-state index contributed by atoms with van der Waals surface area (Å²) in [6.45, 7) is 2.20. The molecule has 3 N–H and O–H groups in total. The molecule has 0 aliphatic heterocycles. The molecule has 0 aliphatic rings. The van der Waals surface area contributed by atoms with Crippen molar-refractivity contribution in [3.05, 3.63) is 0 Å². The molecule has 0 heterocycles. The number of ether oxygens (including phenoxy) is 1. The number of hydrogen-bond donors (Lipinski definition) is 2. The van der Waals surface area contributed by atoms with Crippen LogP contribution in [0.2, 0.25) is 0 Å². The molecule has 0 aliphatic carbocycles. The van der Waals surface area contributed by atoms with Gasteiger partial charge in [-0.1, -0.05) is 13.3 Å². The Labute approximate surface area is 125 Å². The lowest BCUT2D eigenvalue weighted by molar-refractivity contribution is -0.145. The second-order valence-electron chi connectivity index (χ2n) is 4.78. The average molecular weight is 305 g/mol. The molecule has 0 amide bonds. The van der Waals surface area contributed by atoms with E-state index in [0.29, 0.717) is 25.7 Å². The van der Waals surface area contributed by atoms with Crippen molar-refractivity contribution in [2.75, 3.05) is 18.6 Å². The molecule has 0 saturated carbocycles. The zero-order valence-corrected chi connectivity index (χ0v) is 13.3. The van der Waals surface area contributed by atoms with Crippen molar-refractivity contribution in [2.24, 2.45) is 5.73 Å². The van der Waals surface area contributed by atoms with Crippen LogP contribution in [0.5, 0.6) is 0 Å². The van der Waals surface area contributed by atoms with Crippen molar-refractivity contribution < 1.29 is 19.4 Å². The summed E-state index contributed by atoms with van der Waals surface area (Å²) >= 11 is 1.63. The summed E-state index contributed by atoms with van der Waals surface area (Å²) in [7, 11) is 0. The Balaban J connectivity index is 3.69. The summed E-state index contributed by atoms with van der Waals surface area (Å²) in [4.78, 5) is 23.0. The molecule has 0 saturated heterocycles. The number of Topliss-reactive ketones (excluding diaryl/α,β-unsaturated/α-hetero) is 1. The van der Waals surface area contributed by atoms with Gasteiger partial charge in [-0.3, -0.25) is 9.59 Å². The van der Waals surface area contributed by atoms with Crippen LogP contribution in [0, 0.1) is 0 Å². The normalized spacial score (nSPS) is 13.8. The minimum Gasteiger partial charge on any atom is -0.465 e. The maximum atomic E-state index is 11.5. The van der Waals surface area contributed by atoms with Gasteiger partial charge < -0.3 is 15.6 Å². The zero-order valence-electron chi connectivity index (χ0n) is 12.5. The van der Waals surface area contributed by atoms with Crippen LogP contribution in [0.15, 0.2) is 0 Å². The fourth-order valence-electron chi connectivity index (χ4n) is 1.60. The molecular weight excluding hydrogens is 278 g/mol. The second-order valence-corrected chi connectivity index (χ2v) is 5.77. The topological polar surface area (TPSA) is 89.6 Å². The first-order chi connectivity index (χ1) is 9.52. The van der Waals surface area contributed by atoms with Crippen LogP contribution in [0.1, 0.15) is 45.4 Å². The third-order valence-electron chi connectivity index (χ3n) is 2.95. The first-order valence-corrected chi connectivity index (χ1v) is 8.54. The van der Waals surface area contributed by atoms with Gasteiger partial charge in [0.25, 0.3) is 0 Å². The summed E-state index contributed by atoms with van der Waals surface area (Å²) in [5.74, 6) is 0.279. The summed E-state index contributed by atoms with van der Waals surface area (Å²) in [6, 6.07) is -0.585. The van der Waals surface area contributed by atoms with E-state index in [4.69, 9.17) is 10.5 Å². The number of thioether (sulfide) groups is 1. The van der Waals surface area contributed by atoms with Crippen molar-refractivity contribution in [3.63, 3.8) is 0 Å². The maximum Gasteiger partial charge on any atom is 0.322 e. The van der Waals surface area contributed by atoms with E-state index in [2.05, 4.69) is 0 Å². The molecule has 6 heteroatoms. The molecule has 0 aromatic carbocycles. The van der Waals surface area contributed by atoms with E-state index in [9.17, 15) is 14.7 Å². The first kappa shape index (κ1) is 19.4. The van der Waals surface area contributed by atoms with Gasteiger partial charge >= 0.3 is 5.97 Å². The lowest BCUT2D eigenvalue weighted by Gasteiger charge is -2.12. The number of aliphatic hydroxyl groups is 1. The van der Waals surface area contributed by atoms with Crippen LogP contribution >= 0.6 is 11.8 Å². The highest BCUT2D eigenvalue weighted by Crippen LogP contribution is 2.06. The maximum absolute atomic E-state index is 11.5. The molecule has 0 aromatic heterocycles. The van der Waals surface area contributed by atoms with Gasteiger partial charge in [0, 0.05) is 6.42 Å². The molecule has 0 spiro atoms. The van der Waals surface area contributed by atoms with E-state index in [1.807, 2.05) is 13.2 Å². The molecule has 0 aromatic rings. The monoisotopic (exact) mass is 305 g/mol. The molecule has 0 radical (unpaired) electrons. The molecule has 2 unspecified atom stereocenters. The summed E-state index contributed by atoms with van der Waals surface area (Å²) in [6.07, 6.45) is 4.56. The lowest BCUT2D eigenvalue weighted by Crippen LogP contribution is -2.33. The Morgan fingerprint density at radius 2 is 2.00 bits per heavy atom. The van der Waals surface area contributed by atoms with E-state index in [1.54, 1.807) is 11.8 Å². The van der Waals surface area contributed by atoms with Crippen LogP contribution in [-0.4, -0.2) is 47.6 Å². The van der Waals surface area contributed by atoms with Crippen LogP contribution in [-0.2, 0) is 14.3 Å². The second kappa shape index (κ2) is 12.2. The minimum atomic E-state index is -0.939. The molecule has 0 bridgehead atoms. The van der Waals surface area contributed by atoms with E-state index < -0.39 is 18.1 Å². The Bertz CT molecular complexity index is 286. The molecule has 118 valence electrons. The van der Waals surface area contributed by atoms with Gasteiger partial charge in [-0.05, 0) is 37.7 Å². The minimum absolute atomic E-state index is 0.130. The van der Waals surface area contributed by atoms with Gasteiger partial charge in [0.15, 0.2) is 5.78 Å². The predicted molar refractivity (Wildman–Crippen MR) is 81.7 cm³/mol. The van der Waals surface area contributed by atoms with Crippen molar-refractivity contribution in [2.45, 2.75) is 57.6 Å². The number of esters is 1.